The molecular weight excluding hydrogens is 1710 g/mol. The average Bonchev–Trinajstić information content (AvgIpc) is 1.57. The van der Waals surface area contributed by atoms with Crippen LogP contribution in [0.1, 0.15) is 0 Å². The summed E-state index contributed by atoms with van der Waals surface area (Å²) in [6.07, 6.45) is 0. The Morgan fingerprint density at radius 2 is 0.390 bits per heavy atom. The van der Waals surface area contributed by atoms with E-state index >= 15 is 0 Å². The first-order valence-corrected chi connectivity index (χ1v) is 48.5. The second-order valence-corrected chi connectivity index (χ2v) is 37.9. The summed E-state index contributed by atoms with van der Waals surface area (Å²) in [5.41, 5.74) is 30.5. The highest BCUT2D eigenvalue weighted by atomic mass is 16.3. The molecule has 0 aliphatic heterocycles. The molecule has 0 saturated heterocycles. The summed E-state index contributed by atoms with van der Waals surface area (Å²) >= 11 is 0. The molecule has 5 aromatic heterocycles. The van der Waals surface area contributed by atoms with Gasteiger partial charge in [-0.05, 0) is 265 Å². The van der Waals surface area contributed by atoms with Crippen LogP contribution in [0.5, 0.6) is 0 Å². The van der Waals surface area contributed by atoms with E-state index in [-0.39, 0.29) is 0 Å². The van der Waals surface area contributed by atoms with E-state index < -0.39 is 0 Å². The molecule has 0 bridgehead atoms. The number of para-hydroxylation sites is 1. The van der Waals surface area contributed by atoms with Gasteiger partial charge in [0.15, 0.2) is 0 Å². The van der Waals surface area contributed by atoms with Crippen molar-refractivity contribution in [3.63, 3.8) is 0 Å². The number of benzene rings is 26. The third kappa shape index (κ3) is 11.3. The van der Waals surface area contributed by atoms with E-state index in [1.54, 1.807) is 0 Å². The van der Waals surface area contributed by atoms with Crippen molar-refractivity contribution >= 4 is 217 Å². The molecule has 0 amide bonds. The summed E-state index contributed by atoms with van der Waals surface area (Å²) in [6.45, 7) is 0. The van der Waals surface area contributed by atoms with E-state index in [0.717, 1.165) is 263 Å². The molecule has 0 fully saturated rings. The zero-order chi connectivity index (χ0) is 91.9. The minimum Gasteiger partial charge on any atom is -0.456 e. The number of fused-ring (bicyclic) bond motifs is 28. The molecule has 0 aliphatic carbocycles. The molecule has 0 spiro atoms. The fourth-order valence-electron chi connectivity index (χ4n) is 24.6. The number of rotatable bonds is 10. The highest BCUT2D eigenvalue weighted by Gasteiger charge is 2.31. The first kappa shape index (κ1) is 77.6. The lowest BCUT2D eigenvalue weighted by atomic mass is 9.82. The standard InChI is InChI=1S/C136H76O5/c1-4-31-85-77(27-1)30-23-50-89(85)90-34-7-8-35-91(90)122-96-40-13-15-42-98(96)126(99-43-16-14-41-97(99)122)111-74-72-105(104-71-73-110(130-106-48-21-22-53-116(106)138-135(104)130)125-102-46-19-17-44-100(102)124(101-45-18-20-47-103(101)125)109-52-26-56-119-129(109)113-69-64-79-29-3-6-33-88(79)133(113)140-119)136-131(111)114-70-65-81-59-62-83(75-115(81)134(114)141-136)84-66-67-107-120(76-84)137-117-54-25-51-108(128(107)117)123-94-38-11-9-36-92(94)121(93-37-10-12-39-95(93)123)82-60-57-80(58-61-82)86-49-24-55-118-127(86)112-68-63-78-28-2-5-32-87(78)132(112)139-118/h1-76H. The van der Waals surface area contributed by atoms with Gasteiger partial charge in [0.25, 0.3) is 0 Å². The maximum atomic E-state index is 8.04. The van der Waals surface area contributed by atoms with Crippen molar-refractivity contribution < 1.29 is 22.1 Å². The minimum absolute atomic E-state index is 0.759. The Bertz CT molecular complexity index is 10800. The van der Waals surface area contributed by atoms with Gasteiger partial charge in [0.05, 0.1) is 0 Å². The van der Waals surface area contributed by atoms with Crippen LogP contribution < -0.4 is 0 Å². The Hall–Kier alpha value is -18.7. The van der Waals surface area contributed by atoms with Crippen LogP contribution in [0.2, 0.25) is 0 Å². The summed E-state index contributed by atoms with van der Waals surface area (Å²) in [5, 5.41) is 33.4. The van der Waals surface area contributed by atoms with Crippen LogP contribution in [0.4, 0.5) is 0 Å². The maximum Gasteiger partial charge on any atom is 0.144 e. The molecule has 31 aromatic rings. The second-order valence-electron chi connectivity index (χ2n) is 37.9. The van der Waals surface area contributed by atoms with Crippen LogP contribution in [0.3, 0.4) is 0 Å². The van der Waals surface area contributed by atoms with Crippen molar-refractivity contribution in [1.29, 1.82) is 0 Å². The van der Waals surface area contributed by atoms with Crippen molar-refractivity contribution in [2.75, 3.05) is 0 Å². The number of hydrogen-bond acceptors (Lipinski definition) is 5. The van der Waals surface area contributed by atoms with Crippen LogP contribution in [0, 0.1) is 0 Å². The topological polar surface area (TPSA) is 65.7 Å². The maximum absolute atomic E-state index is 8.04. The fraction of sp³-hybridized carbons (Fsp3) is 0. The molecule has 0 N–H and O–H groups in total. The molecule has 5 heterocycles. The van der Waals surface area contributed by atoms with Gasteiger partial charge in [0.1, 0.15) is 55.8 Å². The summed E-state index contributed by atoms with van der Waals surface area (Å²) < 4.78 is 36.4. The quantitative estimate of drug-likeness (QED) is 0.128. The lowest BCUT2D eigenvalue weighted by molar-refractivity contribution is 0.666. The Morgan fingerprint density at radius 1 is 0.106 bits per heavy atom. The molecule has 0 radical (unpaired) electrons. The minimum atomic E-state index is 0.759. The lowest BCUT2D eigenvalue weighted by Crippen LogP contribution is -1.94. The fourth-order valence-corrected chi connectivity index (χ4v) is 24.6. The molecule has 0 unspecified atom stereocenters. The molecule has 650 valence electrons. The van der Waals surface area contributed by atoms with Gasteiger partial charge in [-0.25, -0.2) is 0 Å². The second kappa shape index (κ2) is 29.9. The SMILES string of the molecule is c1ccc(-c2c3ccccc3c(-c3ccc(-c4ccc(-c5c6ccccc6c(-c6cccc7oc8c9ccccc9ccc8c67)c6ccccc56)c5c4oc4ccccc45)c4oc5c6cc(-c7ccc8c(c7)oc7cccc(-c9c%10ccccc%10c(-c%10ccc(-c%11cccc%12oc%13c%14ccccc%14ccc%13c%11%12)cc%10)c%10ccccc9%10)c78)ccc6ccc5c34)c3ccccc23)c(-c2cccc3ccccc23)c1. The number of hydrogen-bond donors (Lipinski definition) is 0. The molecule has 0 aliphatic rings. The Balaban J connectivity index is 0.589. The zero-order valence-electron chi connectivity index (χ0n) is 75.9. The molecule has 0 atom stereocenters. The van der Waals surface area contributed by atoms with Gasteiger partial charge >= 0.3 is 0 Å². The first-order chi connectivity index (χ1) is 70.0. The van der Waals surface area contributed by atoms with Crippen LogP contribution in [0.15, 0.2) is 483 Å². The Kier molecular flexibility index (Phi) is 16.5. The third-order valence-electron chi connectivity index (χ3n) is 30.7. The highest BCUT2D eigenvalue weighted by Crippen LogP contribution is 2.58. The number of furan rings is 5. The van der Waals surface area contributed by atoms with Gasteiger partial charge in [-0.2, -0.15) is 0 Å². The van der Waals surface area contributed by atoms with Gasteiger partial charge in [-0.3, -0.25) is 0 Å². The summed E-state index contributed by atoms with van der Waals surface area (Å²) in [4.78, 5) is 0. The van der Waals surface area contributed by atoms with E-state index in [4.69, 9.17) is 22.1 Å². The van der Waals surface area contributed by atoms with Gasteiger partial charge in [-0.15, -0.1) is 0 Å². The molecule has 31 rings (SSSR count). The van der Waals surface area contributed by atoms with Gasteiger partial charge in [0, 0.05) is 81.1 Å². The first-order valence-electron chi connectivity index (χ1n) is 48.5. The van der Waals surface area contributed by atoms with Crippen molar-refractivity contribution in [2.24, 2.45) is 0 Å². The zero-order valence-corrected chi connectivity index (χ0v) is 75.9. The van der Waals surface area contributed by atoms with Crippen LogP contribution in [-0.2, 0) is 0 Å². The summed E-state index contributed by atoms with van der Waals surface area (Å²) in [7, 11) is 0. The molecule has 26 aromatic carbocycles. The van der Waals surface area contributed by atoms with Gasteiger partial charge in [-0.1, -0.05) is 388 Å². The monoisotopic (exact) mass is 1790 g/mol. The summed E-state index contributed by atoms with van der Waals surface area (Å²) in [5.74, 6) is 0. The smallest absolute Gasteiger partial charge is 0.144 e. The molecule has 5 nitrogen and oxygen atoms in total. The van der Waals surface area contributed by atoms with E-state index in [9.17, 15) is 0 Å². The average molecular weight is 1790 g/mol. The van der Waals surface area contributed by atoms with Crippen LogP contribution >= 0.6 is 0 Å². The van der Waals surface area contributed by atoms with E-state index in [1.165, 1.54) is 65.7 Å². The van der Waals surface area contributed by atoms with Gasteiger partial charge < -0.3 is 22.1 Å². The van der Waals surface area contributed by atoms with Crippen molar-refractivity contribution in [2.45, 2.75) is 0 Å². The normalized spacial score (nSPS) is 12.3. The molecule has 5 heteroatoms. The van der Waals surface area contributed by atoms with Crippen LogP contribution in [0.25, 0.3) is 329 Å². The Labute approximate surface area is 806 Å². The largest absolute Gasteiger partial charge is 0.456 e. The van der Waals surface area contributed by atoms with Gasteiger partial charge in [0.2, 0.25) is 0 Å². The lowest BCUT2D eigenvalue weighted by Gasteiger charge is -2.21. The van der Waals surface area contributed by atoms with Crippen molar-refractivity contribution in [3.05, 3.63) is 461 Å². The highest BCUT2D eigenvalue weighted by molar-refractivity contribution is 6.35. The predicted molar refractivity (Wildman–Crippen MR) is 592 cm³/mol. The molecule has 0 saturated carbocycles. The van der Waals surface area contributed by atoms with Crippen molar-refractivity contribution in [3.8, 4) is 111 Å². The van der Waals surface area contributed by atoms with E-state index in [1.807, 2.05) is 0 Å². The Morgan fingerprint density at radius 3 is 0.915 bits per heavy atom. The third-order valence-corrected chi connectivity index (χ3v) is 30.7. The predicted octanol–water partition coefficient (Wildman–Crippen LogP) is 39.4. The van der Waals surface area contributed by atoms with E-state index in [0.29, 0.717) is 0 Å². The molecule has 141 heavy (non-hydrogen) atoms. The van der Waals surface area contributed by atoms with Crippen LogP contribution in [-0.4, -0.2) is 0 Å². The van der Waals surface area contributed by atoms with Crippen molar-refractivity contribution in [1.82, 2.24) is 0 Å². The summed E-state index contributed by atoms with van der Waals surface area (Å²) in [6, 6.07) is 169. The molecular formula is C136H76O5. The van der Waals surface area contributed by atoms with E-state index in [2.05, 4.69) is 461 Å².